The average Bonchev–Trinajstić information content (AvgIpc) is 3.24. The molecule has 2 heterocycles. The number of benzene rings is 2. The van der Waals surface area contributed by atoms with Crippen LogP contribution >= 0.6 is 23.1 Å². The zero-order valence-corrected chi connectivity index (χ0v) is 20.8. The van der Waals surface area contributed by atoms with Crippen LogP contribution in [0.1, 0.15) is 37.1 Å². The van der Waals surface area contributed by atoms with Crippen LogP contribution in [0.2, 0.25) is 0 Å². The molecular formula is C25H26N4O2S2. The molecule has 1 amide bonds. The monoisotopic (exact) mass is 478 g/mol. The van der Waals surface area contributed by atoms with Gasteiger partial charge in [-0.05, 0) is 44.0 Å². The minimum Gasteiger partial charge on any atom is -0.287 e. The molecule has 2 aromatic heterocycles. The van der Waals surface area contributed by atoms with Gasteiger partial charge in [-0.1, -0.05) is 48.5 Å². The van der Waals surface area contributed by atoms with Gasteiger partial charge in [0.25, 0.3) is 5.56 Å². The molecule has 0 spiro atoms. The summed E-state index contributed by atoms with van der Waals surface area (Å²) >= 11 is 2.94. The molecule has 0 radical (unpaired) electrons. The number of amides is 1. The molecule has 0 saturated heterocycles. The van der Waals surface area contributed by atoms with E-state index in [2.05, 4.69) is 6.07 Å². The second kappa shape index (κ2) is 9.89. The number of fused-ring (bicyclic) bond motifs is 1. The molecule has 0 saturated carbocycles. The number of anilines is 2. The summed E-state index contributed by atoms with van der Waals surface area (Å²) in [6.07, 6.45) is 0.845. The highest BCUT2D eigenvalue weighted by molar-refractivity contribution is 7.98. The third-order valence-electron chi connectivity index (χ3n) is 5.26. The SMILES string of the molecule is CCCn1c(SCc2csc(N(C(C)=O)c3ccc(C)cc3C)n2)nc2ccccc2c1=O. The predicted octanol–water partition coefficient (Wildman–Crippen LogP) is 5.86. The third kappa shape index (κ3) is 4.86. The Bertz CT molecular complexity index is 1380. The van der Waals surface area contributed by atoms with Crippen LogP contribution in [0.4, 0.5) is 10.8 Å². The molecular weight excluding hydrogens is 452 g/mol. The van der Waals surface area contributed by atoms with Crippen molar-refractivity contribution >= 4 is 50.7 Å². The van der Waals surface area contributed by atoms with Crippen molar-refractivity contribution in [2.24, 2.45) is 0 Å². The van der Waals surface area contributed by atoms with Crippen molar-refractivity contribution in [2.75, 3.05) is 4.90 Å². The summed E-state index contributed by atoms with van der Waals surface area (Å²) in [7, 11) is 0. The first-order valence-electron chi connectivity index (χ1n) is 10.8. The van der Waals surface area contributed by atoms with Crippen molar-refractivity contribution in [1.29, 1.82) is 0 Å². The predicted molar refractivity (Wildman–Crippen MR) is 137 cm³/mol. The van der Waals surface area contributed by atoms with E-state index in [9.17, 15) is 9.59 Å². The summed E-state index contributed by atoms with van der Waals surface area (Å²) in [5.74, 6) is 0.479. The van der Waals surface area contributed by atoms with E-state index in [0.717, 1.165) is 28.9 Å². The summed E-state index contributed by atoms with van der Waals surface area (Å²) in [5.41, 5.74) is 4.56. The van der Waals surface area contributed by atoms with Crippen molar-refractivity contribution in [1.82, 2.24) is 14.5 Å². The molecule has 6 nitrogen and oxygen atoms in total. The second-order valence-corrected chi connectivity index (χ2v) is 9.70. The summed E-state index contributed by atoms with van der Waals surface area (Å²) in [4.78, 5) is 36.6. The van der Waals surface area contributed by atoms with E-state index >= 15 is 0 Å². The van der Waals surface area contributed by atoms with Crippen LogP contribution < -0.4 is 10.5 Å². The van der Waals surface area contributed by atoms with E-state index in [1.807, 2.05) is 62.5 Å². The van der Waals surface area contributed by atoms with Crippen LogP contribution in [0.3, 0.4) is 0 Å². The normalized spacial score (nSPS) is 11.2. The number of thiazole rings is 1. The molecule has 0 aliphatic carbocycles. The Morgan fingerprint density at radius 3 is 2.67 bits per heavy atom. The number of aromatic nitrogens is 3. The Hall–Kier alpha value is -2.97. The Labute approximate surface area is 201 Å². The number of carbonyl (C=O) groups is 1. The number of hydrogen-bond donors (Lipinski definition) is 0. The highest BCUT2D eigenvalue weighted by atomic mass is 32.2. The van der Waals surface area contributed by atoms with E-state index in [1.165, 1.54) is 23.1 Å². The third-order valence-corrected chi connectivity index (χ3v) is 7.15. The summed E-state index contributed by atoms with van der Waals surface area (Å²) in [6, 6.07) is 13.5. The zero-order chi connectivity index (χ0) is 23.5. The van der Waals surface area contributed by atoms with Crippen LogP contribution in [-0.2, 0) is 17.1 Å². The van der Waals surface area contributed by atoms with Crippen molar-refractivity contribution in [3.05, 3.63) is 75.0 Å². The summed E-state index contributed by atoms with van der Waals surface area (Å²) in [5, 5.41) is 3.93. The average molecular weight is 479 g/mol. The van der Waals surface area contributed by atoms with Crippen molar-refractivity contribution in [3.63, 3.8) is 0 Å². The molecule has 0 N–H and O–H groups in total. The number of carbonyl (C=O) groups excluding carboxylic acids is 1. The van der Waals surface area contributed by atoms with Gasteiger partial charge < -0.3 is 0 Å². The van der Waals surface area contributed by atoms with E-state index in [0.29, 0.717) is 33.5 Å². The Morgan fingerprint density at radius 2 is 1.94 bits per heavy atom. The first-order chi connectivity index (χ1) is 15.9. The second-order valence-electron chi connectivity index (χ2n) is 7.92. The van der Waals surface area contributed by atoms with Gasteiger partial charge in [0.2, 0.25) is 5.91 Å². The molecule has 0 atom stereocenters. The van der Waals surface area contributed by atoms with Gasteiger partial charge >= 0.3 is 0 Å². The first-order valence-corrected chi connectivity index (χ1v) is 12.7. The van der Waals surface area contributed by atoms with Crippen LogP contribution in [-0.4, -0.2) is 20.4 Å². The first kappa shape index (κ1) is 23.2. The van der Waals surface area contributed by atoms with Gasteiger partial charge in [0.15, 0.2) is 10.3 Å². The maximum Gasteiger partial charge on any atom is 0.262 e. The maximum atomic E-state index is 13.0. The molecule has 0 bridgehead atoms. The fourth-order valence-corrected chi connectivity index (χ4v) is 5.65. The molecule has 4 rings (SSSR count). The van der Waals surface area contributed by atoms with Gasteiger partial charge in [-0.25, -0.2) is 9.97 Å². The lowest BCUT2D eigenvalue weighted by atomic mass is 10.1. The highest BCUT2D eigenvalue weighted by Gasteiger charge is 2.20. The number of rotatable bonds is 7. The smallest absolute Gasteiger partial charge is 0.262 e. The van der Waals surface area contributed by atoms with Crippen LogP contribution in [0.5, 0.6) is 0 Å². The molecule has 4 aromatic rings. The van der Waals surface area contributed by atoms with Crippen molar-refractivity contribution < 1.29 is 4.79 Å². The number of aryl methyl sites for hydroxylation is 2. The lowest BCUT2D eigenvalue weighted by molar-refractivity contribution is -0.115. The van der Waals surface area contributed by atoms with E-state index in [1.54, 1.807) is 16.4 Å². The van der Waals surface area contributed by atoms with E-state index in [-0.39, 0.29) is 11.5 Å². The summed E-state index contributed by atoms with van der Waals surface area (Å²) in [6.45, 7) is 8.25. The maximum absolute atomic E-state index is 13.0. The van der Waals surface area contributed by atoms with Crippen LogP contribution in [0, 0.1) is 13.8 Å². The largest absolute Gasteiger partial charge is 0.287 e. The van der Waals surface area contributed by atoms with Crippen LogP contribution in [0.25, 0.3) is 10.9 Å². The fraction of sp³-hybridized carbons (Fsp3) is 0.280. The number of thioether (sulfide) groups is 1. The van der Waals surface area contributed by atoms with Gasteiger partial charge in [-0.15, -0.1) is 11.3 Å². The summed E-state index contributed by atoms with van der Waals surface area (Å²) < 4.78 is 1.75. The zero-order valence-electron chi connectivity index (χ0n) is 19.2. The standard InChI is InChI=1S/C25H26N4O2S2/c1-5-12-28-23(31)20-8-6-7-9-21(20)27-24(28)32-14-19-15-33-25(26-19)29(18(4)30)22-11-10-16(2)13-17(22)3/h6-11,13,15H,5,12,14H2,1-4H3. The molecule has 170 valence electrons. The molecule has 2 aromatic carbocycles. The minimum absolute atomic E-state index is 0.0125. The van der Waals surface area contributed by atoms with Crippen LogP contribution in [0.15, 0.2) is 57.8 Å². The van der Waals surface area contributed by atoms with Crippen molar-refractivity contribution in [2.45, 2.75) is 51.6 Å². The minimum atomic E-state index is -0.0801. The topological polar surface area (TPSA) is 68.1 Å². The van der Waals surface area contributed by atoms with Crippen molar-refractivity contribution in [3.8, 4) is 0 Å². The van der Waals surface area contributed by atoms with Gasteiger partial charge in [-0.2, -0.15) is 0 Å². The molecule has 0 unspecified atom stereocenters. The Balaban J connectivity index is 1.61. The Morgan fingerprint density at radius 1 is 1.15 bits per heavy atom. The quantitative estimate of drug-likeness (QED) is 0.246. The molecule has 0 fully saturated rings. The lowest BCUT2D eigenvalue weighted by Gasteiger charge is -2.20. The van der Waals surface area contributed by atoms with E-state index < -0.39 is 0 Å². The number of hydrogen-bond acceptors (Lipinski definition) is 6. The molecule has 0 aliphatic heterocycles. The molecule has 33 heavy (non-hydrogen) atoms. The van der Waals surface area contributed by atoms with E-state index in [4.69, 9.17) is 9.97 Å². The van der Waals surface area contributed by atoms with Gasteiger partial charge in [0.05, 0.1) is 22.3 Å². The highest BCUT2D eigenvalue weighted by Crippen LogP contribution is 2.33. The fourth-order valence-electron chi connectivity index (χ4n) is 3.75. The van der Waals surface area contributed by atoms with Gasteiger partial charge in [0.1, 0.15) is 0 Å². The molecule has 0 aliphatic rings. The Kier molecular flexibility index (Phi) is 6.95. The number of para-hydroxylation sites is 1. The van der Waals surface area contributed by atoms with Gasteiger partial charge in [-0.3, -0.25) is 19.1 Å². The lowest BCUT2D eigenvalue weighted by Crippen LogP contribution is -2.23. The molecule has 8 heteroatoms. The number of nitrogens with zero attached hydrogens (tertiary/aromatic N) is 4. The van der Waals surface area contributed by atoms with Gasteiger partial charge in [0, 0.05) is 24.6 Å².